The van der Waals surface area contributed by atoms with E-state index in [-0.39, 0.29) is 24.4 Å². The molecule has 2 heterocycles. The molecule has 2 aromatic heterocycles. The minimum atomic E-state index is -3.21. The third-order valence-corrected chi connectivity index (χ3v) is 2.85. The van der Waals surface area contributed by atoms with Crippen LogP contribution in [0.2, 0.25) is 0 Å². The third kappa shape index (κ3) is 4.13. The van der Waals surface area contributed by atoms with Gasteiger partial charge in [-0.25, -0.2) is 17.8 Å². The van der Waals surface area contributed by atoms with Crippen molar-refractivity contribution in [2.45, 2.75) is 0 Å². The number of anilines is 2. The first kappa shape index (κ1) is 14.1. The van der Waals surface area contributed by atoms with Crippen LogP contribution in [0.4, 0.5) is 11.9 Å². The molecule has 0 aliphatic heterocycles. The molecule has 0 unspecified atom stereocenters. The topological polar surface area (TPSA) is 141 Å². The van der Waals surface area contributed by atoms with Crippen molar-refractivity contribution < 1.29 is 8.42 Å². The molecule has 0 atom stereocenters. The molecule has 0 amide bonds. The summed E-state index contributed by atoms with van der Waals surface area (Å²) in [7, 11) is -3.21. The van der Waals surface area contributed by atoms with Gasteiger partial charge in [-0.15, -0.1) is 0 Å². The molecule has 0 bridgehead atoms. The summed E-state index contributed by atoms with van der Waals surface area (Å²) in [6, 6.07) is 1.73. The van der Waals surface area contributed by atoms with Gasteiger partial charge in [0.15, 0.2) is 0 Å². The summed E-state index contributed by atoms with van der Waals surface area (Å²) in [6.07, 6.45) is 4.34. The maximum absolute atomic E-state index is 10.9. The Morgan fingerprint density at radius 2 is 2.10 bits per heavy atom. The van der Waals surface area contributed by atoms with Crippen LogP contribution < -0.4 is 15.8 Å². The molecule has 0 aromatic carbocycles. The largest absolute Gasteiger partial charge is 0.368 e. The van der Waals surface area contributed by atoms with Crippen molar-refractivity contribution in [2.24, 2.45) is 0 Å². The lowest BCUT2D eigenvalue weighted by atomic mass is 10.6. The van der Waals surface area contributed by atoms with Crippen LogP contribution >= 0.6 is 0 Å². The minimum Gasteiger partial charge on any atom is -0.368 e. The van der Waals surface area contributed by atoms with Gasteiger partial charge in [0, 0.05) is 25.5 Å². The quantitative estimate of drug-likeness (QED) is 0.553. The number of nitrogens with one attached hydrogen (secondary N) is 2. The zero-order valence-corrected chi connectivity index (χ0v) is 11.5. The van der Waals surface area contributed by atoms with Gasteiger partial charge in [0.2, 0.25) is 21.9 Å². The first-order chi connectivity index (χ1) is 9.44. The van der Waals surface area contributed by atoms with E-state index in [0.717, 1.165) is 6.26 Å². The van der Waals surface area contributed by atoms with Crippen LogP contribution in [0.3, 0.4) is 0 Å². The number of sulfonamides is 1. The van der Waals surface area contributed by atoms with Crippen LogP contribution in [-0.4, -0.2) is 52.5 Å². The SMILES string of the molecule is CS(=O)(=O)NCCNc1nc(N)nc(-n2cccn2)n1. The second kappa shape index (κ2) is 5.79. The molecule has 0 spiro atoms. The number of hydrogen-bond acceptors (Lipinski definition) is 8. The van der Waals surface area contributed by atoms with Gasteiger partial charge in [0.1, 0.15) is 0 Å². The smallest absolute Gasteiger partial charge is 0.257 e. The molecule has 2 rings (SSSR count). The lowest BCUT2D eigenvalue weighted by Gasteiger charge is -2.07. The Morgan fingerprint density at radius 1 is 1.30 bits per heavy atom. The number of nitrogens with two attached hydrogens (primary N) is 1. The monoisotopic (exact) mass is 298 g/mol. The van der Waals surface area contributed by atoms with Crippen molar-refractivity contribution in [1.29, 1.82) is 0 Å². The summed E-state index contributed by atoms with van der Waals surface area (Å²) in [6.45, 7) is 0.524. The molecule has 0 aliphatic rings. The zero-order chi connectivity index (χ0) is 14.6. The second-order valence-corrected chi connectivity index (χ2v) is 5.69. The van der Waals surface area contributed by atoms with Crippen molar-refractivity contribution in [3.8, 4) is 5.95 Å². The van der Waals surface area contributed by atoms with Gasteiger partial charge in [-0.1, -0.05) is 0 Å². The second-order valence-electron chi connectivity index (χ2n) is 3.86. The Bertz CT molecular complexity index is 669. The average molecular weight is 298 g/mol. The van der Waals surface area contributed by atoms with Crippen LogP contribution in [-0.2, 0) is 10.0 Å². The van der Waals surface area contributed by atoms with Crippen molar-refractivity contribution in [2.75, 3.05) is 30.4 Å². The molecule has 108 valence electrons. The zero-order valence-electron chi connectivity index (χ0n) is 10.7. The highest BCUT2D eigenvalue weighted by molar-refractivity contribution is 7.88. The molecule has 0 aliphatic carbocycles. The van der Waals surface area contributed by atoms with E-state index in [9.17, 15) is 8.42 Å². The molecule has 0 saturated carbocycles. The van der Waals surface area contributed by atoms with Gasteiger partial charge in [-0.05, 0) is 6.07 Å². The highest BCUT2D eigenvalue weighted by Gasteiger charge is 2.06. The van der Waals surface area contributed by atoms with Gasteiger partial charge in [0.05, 0.1) is 6.26 Å². The lowest BCUT2D eigenvalue weighted by Crippen LogP contribution is -2.28. The molecule has 10 nitrogen and oxygen atoms in total. The van der Waals surface area contributed by atoms with E-state index in [0.29, 0.717) is 6.54 Å². The number of aromatic nitrogens is 5. The summed E-state index contributed by atoms with van der Waals surface area (Å²) >= 11 is 0. The summed E-state index contributed by atoms with van der Waals surface area (Å²) in [5.74, 6) is 0.573. The van der Waals surface area contributed by atoms with Gasteiger partial charge >= 0.3 is 0 Å². The van der Waals surface area contributed by atoms with Crippen LogP contribution in [0.25, 0.3) is 5.95 Å². The van der Waals surface area contributed by atoms with Gasteiger partial charge < -0.3 is 11.1 Å². The molecule has 0 radical (unpaired) electrons. The first-order valence-electron chi connectivity index (χ1n) is 5.64. The number of rotatable bonds is 6. The lowest BCUT2D eigenvalue weighted by molar-refractivity contribution is 0.589. The van der Waals surface area contributed by atoms with Crippen molar-refractivity contribution in [3.05, 3.63) is 18.5 Å². The number of hydrogen-bond donors (Lipinski definition) is 3. The highest BCUT2D eigenvalue weighted by atomic mass is 32.2. The first-order valence-corrected chi connectivity index (χ1v) is 7.53. The van der Waals surface area contributed by atoms with E-state index in [2.05, 4.69) is 30.1 Å². The fraction of sp³-hybridized carbons (Fsp3) is 0.333. The van der Waals surface area contributed by atoms with E-state index < -0.39 is 10.0 Å². The Kier molecular flexibility index (Phi) is 4.10. The van der Waals surface area contributed by atoms with Crippen LogP contribution in [0.1, 0.15) is 0 Å². The van der Waals surface area contributed by atoms with E-state index in [1.165, 1.54) is 4.68 Å². The van der Waals surface area contributed by atoms with Gasteiger partial charge in [-0.3, -0.25) is 0 Å². The molecule has 0 saturated heterocycles. The minimum absolute atomic E-state index is 0.0454. The number of nitrogen functional groups attached to an aromatic ring is 1. The fourth-order valence-electron chi connectivity index (χ4n) is 1.36. The molecule has 4 N–H and O–H groups in total. The van der Waals surface area contributed by atoms with Crippen molar-refractivity contribution in [1.82, 2.24) is 29.5 Å². The summed E-state index contributed by atoms with van der Waals surface area (Å²) in [5.41, 5.74) is 5.58. The predicted molar refractivity (Wildman–Crippen MR) is 72.7 cm³/mol. The Labute approximate surface area is 115 Å². The van der Waals surface area contributed by atoms with E-state index in [4.69, 9.17) is 5.73 Å². The summed E-state index contributed by atoms with van der Waals surface area (Å²) < 4.78 is 25.6. The maximum Gasteiger partial charge on any atom is 0.257 e. The normalized spacial score (nSPS) is 11.4. The molecular weight excluding hydrogens is 284 g/mol. The van der Waals surface area contributed by atoms with Crippen molar-refractivity contribution in [3.63, 3.8) is 0 Å². The molecule has 2 aromatic rings. The van der Waals surface area contributed by atoms with Gasteiger partial charge in [0.25, 0.3) is 5.95 Å². The van der Waals surface area contributed by atoms with E-state index in [1.54, 1.807) is 18.5 Å². The van der Waals surface area contributed by atoms with E-state index >= 15 is 0 Å². The maximum atomic E-state index is 10.9. The highest BCUT2D eigenvalue weighted by Crippen LogP contribution is 2.05. The van der Waals surface area contributed by atoms with Crippen LogP contribution in [0.15, 0.2) is 18.5 Å². The molecule has 0 fully saturated rings. The molecular formula is C9H14N8O2S. The third-order valence-electron chi connectivity index (χ3n) is 2.12. The average Bonchev–Trinajstić information content (AvgIpc) is 2.86. The molecule has 20 heavy (non-hydrogen) atoms. The van der Waals surface area contributed by atoms with Crippen LogP contribution in [0.5, 0.6) is 0 Å². The standard InChI is InChI=1S/C9H14N8O2S/c1-20(18,19)13-5-4-11-8-14-7(10)15-9(16-8)17-6-2-3-12-17/h2-3,6,13H,4-5H2,1H3,(H3,10,11,14,15,16). The Hall–Kier alpha value is -2.27. The number of nitrogens with zero attached hydrogens (tertiary/aromatic N) is 5. The Morgan fingerprint density at radius 3 is 2.75 bits per heavy atom. The van der Waals surface area contributed by atoms with Crippen molar-refractivity contribution >= 4 is 21.9 Å². The van der Waals surface area contributed by atoms with E-state index in [1.807, 2.05) is 0 Å². The van der Waals surface area contributed by atoms with Crippen LogP contribution in [0, 0.1) is 0 Å². The van der Waals surface area contributed by atoms with Gasteiger partial charge in [-0.2, -0.15) is 20.1 Å². The summed E-state index contributed by atoms with van der Waals surface area (Å²) in [5, 5.41) is 6.84. The summed E-state index contributed by atoms with van der Waals surface area (Å²) in [4.78, 5) is 12.0. The fourth-order valence-corrected chi connectivity index (χ4v) is 1.83. The predicted octanol–water partition coefficient (Wildman–Crippen LogP) is -1.40. The molecule has 11 heteroatoms. The Balaban J connectivity index is 2.02.